The van der Waals surface area contributed by atoms with Crippen LogP contribution in [-0.4, -0.2) is 31.5 Å². The van der Waals surface area contributed by atoms with Crippen molar-refractivity contribution in [1.29, 1.82) is 0 Å². The molecule has 0 saturated carbocycles. The van der Waals surface area contributed by atoms with Gasteiger partial charge in [-0.1, -0.05) is 181 Å². The lowest BCUT2D eigenvalue weighted by molar-refractivity contribution is -0.176. The molecule has 7 aromatic carbocycles. The fraction of sp³-hybridized carbons (Fsp3) is 0.0517. The van der Waals surface area contributed by atoms with Gasteiger partial charge in [0.05, 0.1) is 4.53 Å². The van der Waals surface area contributed by atoms with E-state index in [9.17, 15) is 14.8 Å². The molecule has 0 atom stereocenters. The summed E-state index contributed by atoms with van der Waals surface area (Å²) >= 11 is 7.66. The van der Waals surface area contributed by atoms with Gasteiger partial charge in [-0.3, -0.25) is 14.5 Å². The second-order valence-electron chi connectivity index (χ2n) is 16.0. The van der Waals surface area contributed by atoms with Crippen LogP contribution in [0.4, 0.5) is 17.1 Å². The molecule has 8 aromatic rings. The Balaban J connectivity index is 1.12. The Morgan fingerprint density at radius 3 is 1.47 bits per heavy atom. The van der Waals surface area contributed by atoms with E-state index in [1.807, 2.05) is 49.4 Å². The fourth-order valence-electron chi connectivity index (χ4n) is 8.05. The Morgan fingerprint density at radius 2 is 1.06 bits per heavy atom. The number of hydrogen-bond donors (Lipinski definition) is 1. The molecule has 1 N–H and O–H groups in total. The molecule has 0 bridgehead atoms. The fourth-order valence-corrected chi connectivity index (χ4v) is 10.7. The number of aryl methyl sites for hydroxylation is 1. The molecule has 1 aromatic heterocycles. The van der Waals surface area contributed by atoms with Crippen molar-refractivity contribution in [2.75, 3.05) is 11.4 Å². The van der Waals surface area contributed by atoms with Gasteiger partial charge in [-0.15, -0.1) is 11.3 Å². The molecule has 1 aliphatic rings. The average molecular weight is 944 g/mol. The average Bonchev–Trinajstić information content (AvgIpc) is 3.86. The van der Waals surface area contributed by atoms with Crippen molar-refractivity contribution in [1.82, 2.24) is 9.47 Å². The highest BCUT2D eigenvalue weighted by atomic mass is 32.2. The number of hydrogen-bond acceptors (Lipinski definition) is 8. The van der Waals surface area contributed by atoms with Gasteiger partial charge in [0.1, 0.15) is 13.9 Å². The molecule has 1 aliphatic heterocycles. The molecule has 0 radical (unpaired) electrons. The summed E-state index contributed by atoms with van der Waals surface area (Å²) in [5.41, 5.74) is 13.2. The molecule has 10 heteroatoms. The summed E-state index contributed by atoms with van der Waals surface area (Å²) in [6.45, 7) is 8.04. The molecule has 0 spiro atoms. The standard InChI is InChI=1S/C58H45N3O4S3/c1-4-59-56(63)54(68-58(59)66)57-60(40(3)65-64)55(62)53(67-57)38-43-26-34-50(35-27-43)61(48-30-22-41(23-31-48)36-51(44-14-8-5-9-15-44)45-16-10-6-11-17-45)49-32-24-42(25-33-49)37-52(46-18-12-7-13-19-46)47-28-20-39(2)21-29-47/h5-38,64H,3-4H2,1-2H3. The molecule has 1 fully saturated rings. The van der Waals surface area contributed by atoms with Crippen molar-refractivity contribution in [2.24, 2.45) is 0 Å². The Morgan fingerprint density at radius 1 is 0.632 bits per heavy atom. The van der Waals surface area contributed by atoms with Crippen LogP contribution in [0.25, 0.3) is 40.2 Å². The Labute approximate surface area is 408 Å². The van der Waals surface area contributed by atoms with Crippen LogP contribution in [-0.2, 0) is 9.68 Å². The minimum Gasteiger partial charge on any atom is -0.322 e. The van der Waals surface area contributed by atoms with Crippen LogP contribution in [0, 0.1) is 6.92 Å². The zero-order chi connectivity index (χ0) is 47.1. The Hall–Kier alpha value is -7.60. The number of benzene rings is 7. The maximum Gasteiger partial charge on any atom is 0.276 e. The van der Waals surface area contributed by atoms with Crippen LogP contribution in [0.5, 0.6) is 0 Å². The summed E-state index contributed by atoms with van der Waals surface area (Å²) in [6, 6.07) is 65.0. The summed E-state index contributed by atoms with van der Waals surface area (Å²) in [5.74, 6) is -0.637. The molecule has 7 nitrogen and oxygen atoms in total. The summed E-state index contributed by atoms with van der Waals surface area (Å²) in [7, 11) is 0. The largest absolute Gasteiger partial charge is 0.322 e. The lowest BCUT2D eigenvalue weighted by Crippen LogP contribution is -2.33. The molecule has 2 heterocycles. The SMILES string of the molecule is C=C(OO)n1c(=C2SC(=S)N(CC)C2=O)sc(=Cc2ccc(N(c3ccc(C=C(c4ccccc4)c4ccccc4)cc3)c3ccc(C=C(c4ccccc4)c4ccc(C)cc4)cc3)cc2)c1=O. The van der Waals surface area contributed by atoms with Crippen LogP contribution in [0.2, 0.25) is 0 Å². The number of thioether (sulfide) groups is 1. The molecule has 1 saturated heterocycles. The lowest BCUT2D eigenvalue weighted by Gasteiger charge is -2.26. The number of nitrogens with zero attached hydrogens (tertiary/aromatic N) is 3. The summed E-state index contributed by atoms with van der Waals surface area (Å²) in [4.78, 5) is 35.5. The highest BCUT2D eigenvalue weighted by molar-refractivity contribution is 8.30. The smallest absolute Gasteiger partial charge is 0.276 e. The first-order valence-electron chi connectivity index (χ1n) is 22.0. The number of aromatic nitrogens is 1. The number of rotatable bonds is 13. The molecule has 1 amide bonds. The molecular weight excluding hydrogens is 899 g/mol. The van der Waals surface area contributed by atoms with Gasteiger partial charge in [0.25, 0.3) is 11.5 Å². The first-order valence-corrected chi connectivity index (χ1v) is 24.0. The lowest BCUT2D eigenvalue weighted by atomic mass is 9.95. The number of amides is 1. The van der Waals surface area contributed by atoms with Crippen molar-refractivity contribution < 1.29 is 14.9 Å². The van der Waals surface area contributed by atoms with E-state index in [1.54, 1.807) is 6.08 Å². The maximum absolute atomic E-state index is 13.9. The van der Waals surface area contributed by atoms with Gasteiger partial charge in [0.2, 0.25) is 5.88 Å². The van der Waals surface area contributed by atoms with E-state index < -0.39 is 5.56 Å². The van der Waals surface area contributed by atoms with Gasteiger partial charge < -0.3 is 9.79 Å². The molecule has 0 aliphatic carbocycles. The number of thiocarbonyl (C=S) groups is 1. The summed E-state index contributed by atoms with van der Waals surface area (Å²) in [6.07, 6.45) is 6.21. The number of anilines is 3. The third-order valence-corrected chi connectivity index (χ3v) is 14.2. The second-order valence-corrected chi connectivity index (χ2v) is 18.7. The van der Waals surface area contributed by atoms with Crippen molar-refractivity contribution >= 4 is 103 Å². The van der Waals surface area contributed by atoms with Crippen molar-refractivity contribution in [3.63, 3.8) is 0 Å². The Bertz CT molecular complexity index is 3340. The summed E-state index contributed by atoms with van der Waals surface area (Å²) in [5, 5.41) is 9.56. The normalized spacial score (nSPS) is 13.7. The number of thiazole rings is 1. The predicted octanol–water partition coefficient (Wildman–Crippen LogP) is 12.6. The monoisotopic (exact) mass is 943 g/mol. The van der Waals surface area contributed by atoms with Crippen LogP contribution in [0.1, 0.15) is 51.4 Å². The minimum absolute atomic E-state index is 0.272. The summed E-state index contributed by atoms with van der Waals surface area (Å²) < 4.78 is 2.10. The number of carbonyl (C=O) groups is 1. The van der Waals surface area contributed by atoms with Crippen molar-refractivity contribution in [3.8, 4) is 0 Å². The first kappa shape index (κ1) is 45.6. The van der Waals surface area contributed by atoms with E-state index in [-0.39, 0.29) is 21.4 Å². The quantitative estimate of drug-likeness (QED) is 0.0406. The highest BCUT2D eigenvalue weighted by Gasteiger charge is 2.33. The van der Waals surface area contributed by atoms with Gasteiger partial charge in [-0.05, 0) is 125 Å². The van der Waals surface area contributed by atoms with E-state index >= 15 is 0 Å². The van der Waals surface area contributed by atoms with Gasteiger partial charge in [0.15, 0.2) is 0 Å². The van der Waals surface area contributed by atoms with Crippen LogP contribution in [0.15, 0.2) is 199 Å². The van der Waals surface area contributed by atoms with Crippen LogP contribution in [0.3, 0.4) is 0 Å². The molecule has 68 heavy (non-hydrogen) atoms. The molecule has 0 unspecified atom stereocenters. The first-order chi connectivity index (χ1) is 33.2. The van der Waals surface area contributed by atoms with E-state index in [1.165, 1.54) is 10.5 Å². The van der Waals surface area contributed by atoms with Crippen molar-refractivity contribution in [2.45, 2.75) is 13.8 Å². The number of carbonyl (C=O) groups excluding carboxylic acids is 1. The van der Waals surface area contributed by atoms with Gasteiger partial charge in [-0.25, -0.2) is 9.82 Å². The highest BCUT2D eigenvalue weighted by Crippen LogP contribution is 2.37. The van der Waals surface area contributed by atoms with E-state index in [2.05, 4.69) is 181 Å². The van der Waals surface area contributed by atoms with E-state index in [0.717, 1.165) is 94.8 Å². The third-order valence-electron chi connectivity index (χ3n) is 11.5. The third kappa shape index (κ3) is 9.76. The van der Waals surface area contributed by atoms with Crippen molar-refractivity contribution in [3.05, 3.63) is 259 Å². The minimum atomic E-state index is -0.486. The van der Waals surface area contributed by atoms with Crippen LogP contribution >= 0.6 is 35.3 Å². The zero-order valence-corrected chi connectivity index (χ0v) is 39.7. The van der Waals surface area contributed by atoms with Gasteiger partial charge in [0, 0.05) is 23.6 Å². The topological polar surface area (TPSA) is 75.0 Å². The van der Waals surface area contributed by atoms with E-state index in [4.69, 9.17) is 12.2 Å². The second kappa shape index (κ2) is 20.5. The predicted molar refractivity (Wildman–Crippen MR) is 287 cm³/mol. The van der Waals surface area contributed by atoms with E-state index in [0.29, 0.717) is 15.4 Å². The molecule has 9 rings (SSSR count). The van der Waals surface area contributed by atoms with Gasteiger partial charge >= 0.3 is 0 Å². The maximum atomic E-state index is 13.9. The van der Waals surface area contributed by atoms with Gasteiger partial charge in [-0.2, -0.15) is 0 Å². The zero-order valence-electron chi connectivity index (χ0n) is 37.3. The van der Waals surface area contributed by atoms with Crippen LogP contribution < -0.4 is 19.7 Å². The molecular formula is C58H45N3O4S3. The Kier molecular flexibility index (Phi) is 13.7. The molecule has 334 valence electrons.